The minimum Gasteiger partial charge on any atom is -0.293 e. The Morgan fingerprint density at radius 2 is 1.70 bits per heavy atom. The smallest absolute Gasteiger partial charge is 0.272 e. The van der Waals surface area contributed by atoms with Crippen molar-refractivity contribution in [3.63, 3.8) is 0 Å². The van der Waals surface area contributed by atoms with Crippen molar-refractivity contribution in [3.8, 4) is 11.1 Å². The molecule has 4 nitrogen and oxygen atoms in total. The number of fused-ring (bicyclic) bond motifs is 2. The van der Waals surface area contributed by atoms with Crippen LogP contribution in [0.3, 0.4) is 0 Å². The maximum absolute atomic E-state index is 12.9. The molecule has 2 heterocycles. The number of hydrogen-bond acceptors (Lipinski definition) is 2. The molecule has 4 heteroatoms. The fourth-order valence-corrected chi connectivity index (χ4v) is 4.17. The Morgan fingerprint density at radius 1 is 0.933 bits per heavy atom. The lowest BCUT2D eigenvalue weighted by atomic mass is 9.96. The first-order chi connectivity index (χ1) is 14.7. The van der Waals surface area contributed by atoms with E-state index < -0.39 is 0 Å². The molecule has 1 N–H and O–H groups in total. The first kappa shape index (κ1) is 18.4. The molecule has 148 valence electrons. The van der Waals surface area contributed by atoms with Gasteiger partial charge in [-0.2, -0.15) is 0 Å². The summed E-state index contributed by atoms with van der Waals surface area (Å²) in [6.45, 7) is 2.10. The molecule has 3 aromatic carbocycles. The van der Waals surface area contributed by atoms with E-state index in [2.05, 4.69) is 60.6 Å². The van der Waals surface area contributed by atoms with Crippen molar-refractivity contribution in [3.05, 3.63) is 106 Å². The number of nitrogens with one attached hydrogen (secondary N) is 1. The third-order valence-electron chi connectivity index (χ3n) is 5.53. The summed E-state index contributed by atoms with van der Waals surface area (Å²) in [7, 11) is 0. The van der Waals surface area contributed by atoms with Crippen LogP contribution < -0.4 is 5.56 Å². The Labute approximate surface area is 174 Å². The fraction of sp³-hybridized carbons (Fsp3) is 0.154. The summed E-state index contributed by atoms with van der Waals surface area (Å²) in [5.41, 5.74) is 5.76. The van der Waals surface area contributed by atoms with Gasteiger partial charge in [0.25, 0.3) is 5.56 Å². The van der Waals surface area contributed by atoms with E-state index in [-0.39, 0.29) is 5.56 Å². The number of rotatable bonds is 5. The molecule has 0 bridgehead atoms. The first-order valence-corrected chi connectivity index (χ1v) is 10.4. The van der Waals surface area contributed by atoms with Crippen LogP contribution in [0.2, 0.25) is 0 Å². The molecule has 0 radical (unpaired) electrons. The van der Waals surface area contributed by atoms with E-state index in [0.29, 0.717) is 12.1 Å². The summed E-state index contributed by atoms with van der Waals surface area (Å²) in [4.78, 5) is 17.8. The lowest BCUT2D eigenvalue weighted by molar-refractivity contribution is 0.827. The zero-order valence-corrected chi connectivity index (χ0v) is 16.9. The van der Waals surface area contributed by atoms with Gasteiger partial charge in [-0.05, 0) is 28.3 Å². The van der Waals surface area contributed by atoms with Crippen molar-refractivity contribution in [2.24, 2.45) is 0 Å². The number of aromatic amines is 1. The third kappa shape index (κ3) is 3.20. The van der Waals surface area contributed by atoms with E-state index in [1.165, 1.54) is 10.9 Å². The van der Waals surface area contributed by atoms with Crippen molar-refractivity contribution < 1.29 is 0 Å². The fourth-order valence-electron chi connectivity index (χ4n) is 4.17. The zero-order chi connectivity index (χ0) is 20.5. The number of aromatic nitrogens is 3. The van der Waals surface area contributed by atoms with Gasteiger partial charge in [-0.3, -0.25) is 9.89 Å². The normalized spacial score (nSPS) is 11.4. The van der Waals surface area contributed by atoms with E-state index >= 15 is 0 Å². The number of hydrogen-bond donors (Lipinski definition) is 1. The molecule has 0 atom stereocenters. The molecule has 0 aliphatic rings. The molecule has 0 aliphatic heterocycles. The van der Waals surface area contributed by atoms with Crippen LogP contribution in [0.15, 0.2) is 83.7 Å². The molecule has 0 saturated carbocycles. The monoisotopic (exact) mass is 393 g/mol. The molecular weight excluding hydrogens is 370 g/mol. The minimum absolute atomic E-state index is 0.0655. The lowest BCUT2D eigenvalue weighted by Crippen LogP contribution is -2.15. The molecular formula is C26H23N3O. The highest BCUT2D eigenvalue weighted by atomic mass is 16.1. The van der Waals surface area contributed by atoms with Gasteiger partial charge in [0, 0.05) is 29.4 Å². The van der Waals surface area contributed by atoms with Gasteiger partial charge in [-0.25, -0.2) is 9.50 Å². The lowest BCUT2D eigenvalue weighted by Gasteiger charge is -2.09. The van der Waals surface area contributed by atoms with E-state index in [1.54, 1.807) is 10.6 Å². The summed E-state index contributed by atoms with van der Waals surface area (Å²) in [5.74, 6) is 0. The van der Waals surface area contributed by atoms with Gasteiger partial charge in [-0.15, -0.1) is 0 Å². The van der Waals surface area contributed by atoms with Gasteiger partial charge >= 0.3 is 0 Å². The molecule has 0 spiro atoms. The van der Waals surface area contributed by atoms with Gasteiger partial charge in [0.2, 0.25) is 0 Å². The van der Waals surface area contributed by atoms with Gasteiger partial charge in [0.05, 0.1) is 0 Å². The Morgan fingerprint density at radius 3 is 2.53 bits per heavy atom. The van der Waals surface area contributed by atoms with Gasteiger partial charge < -0.3 is 0 Å². The van der Waals surface area contributed by atoms with Crippen LogP contribution in [0.5, 0.6) is 0 Å². The highest BCUT2D eigenvalue weighted by molar-refractivity contribution is 6.00. The largest absolute Gasteiger partial charge is 0.293 e. The topological polar surface area (TPSA) is 50.2 Å². The van der Waals surface area contributed by atoms with Crippen molar-refractivity contribution in [1.82, 2.24) is 14.6 Å². The molecule has 0 saturated heterocycles. The molecule has 30 heavy (non-hydrogen) atoms. The summed E-state index contributed by atoms with van der Waals surface area (Å²) < 4.78 is 1.59. The molecule has 0 unspecified atom stereocenters. The Kier molecular flexibility index (Phi) is 4.68. The third-order valence-corrected chi connectivity index (χ3v) is 5.53. The predicted molar refractivity (Wildman–Crippen MR) is 122 cm³/mol. The second-order valence-electron chi connectivity index (χ2n) is 7.65. The average molecular weight is 393 g/mol. The molecule has 2 aromatic heterocycles. The van der Waals surface area contributed by atoms with Crippen LogP contribution in [0.4, 0.5) is 0 Å². The van der Waals surface area contributed by atoms with Gasteiger partial charge in [0.1, 0.15) is 0 Å². The van der Waals surface area contributed by atoms with Crippen LogP contribution in [0.1, 0.15) is 30.3 Å². The van der Waals surface area contributed by atoms with Crippen LogP contribution in [0.25, 0.3) is 27.5 Å². The zero-order valence-electron chi connectivity index (χ0n) is 16.9. The number of benzene rings is 3. The second-order valence-corrected chi connectivity index (χ2v) is 7.65. The highest BCUT2D eigenvalue weighted by Gasteiger charge is 2.19. The molecule has 0 amide bonds. The quantitative estimate of drug-likeness (QED) is 0.435. The van der Waals surface area contributed by atoms with Crippen LogP contribution >= 0.6 is 0 Å². The standard InChI is InChI=1S/C26H23N3O/c1-2-9-20-17-24(30)29-26(27-20)25(23(28-29)16-18-10-4-3-5-11-18)22-15-8-13-19-12-6-7-14-21(19)22/h3-8,10-15,17,28H,2,9,16H2,1H3. The predicted octanol–water partition coefficient (Wildman–Crippen LogP) is 5.39. The number of H-pyrrole nitrogens is 1. The summed E-state index contributed by atoms with van der Waals surface area (Å²) >= 11 is 0. The molecule has 0 fully saturated rings. The summed E-state index contributed by atoms with van der Waals surface area (Å²) in [6.07, 6.45) is 2.44. The van der Waals surface area contributed by atoms with E-state index in [1.807, 2.05) is 24.3 Å². The van der Waals surface area contributed by atoms with Gasteiger partial charge in [0.15, 0.2) is 5.65 Å². The van der Waals surface area contributed by atoms with Crippen molar-refractivity contribution >= 4 is 16.4 Å². The molecule has 5 aromatic rings. The summed E-state index contributed by atoms with van der Waals surface area (Å²) in [5, 5.41) is 5.69. The van der Waals surface area contributed by atoms with Gasteiger partial charge in [-0.1, -0.05) is 86.1 Å². The van der Waals surface area contributed by atoms with Crippen LogP contribution in [0, 0.1) is 0 Å². The van der Waals surface area contributed by atoms with Crippen molar-refractivity contribution in [1.29, 1.82) is 0 Å². The number of nitrogens with zero attached hydrogens (tertiary/aromatic N) is 2. The van der Waals surface area contributed by atoms with Crippen molar-refractivity contribution in [2.45, 2.75) is 26.2 Å². The van der Waals surface area contributed by atoms with E-state index in [0.717, 1.165) is 40.7 Å². The minimum atomic E-state index is -0.0655. The second kappa shape index (κ2) is 7.64. The maximum Gasteiger partial charge on any atom is 0.272 e. The van der Waals surface area contributed by atoms with Crippen LogP contribution in [-0.4, -0.2) is 14.6 Å². The summed E-state index contributed by atoms with van der Waals surface area (Å²) in [6, 6.07) is 26.6. The Bertz CT molecular complexity index is 1390. The maximum atomic E-state index is 12.9. The highest BCUT2D eigenvalue weighted by Crippen LogP contribution is 2.34. The Hall–Kier alpha value is -3.66. The SMILES string of the molecule is CCCc1cc(=O)n2[nH]c(Cc3ccccc3)c(-c3cccc4ccccc34)c2n1. The Balaban J connectivity index is 1.83. The van der Waals surface area contributed by atoms with Crippen molar-refractivity contribution in [2.75, 3.05) is 0 Å². The van der Waals surface area contributed by atoms with E-state index in [9.17, 15) is 4.79 Å². The molecule has 0 aliphatic carbocycles. The number of aryl methyl sites for hydroxylation is 1. The van der Waals surface area contributed by atoms with Crippen LogP contribution in [-0.2, 0) is 12.8 Å². The average Bonchev–Trinajstić information content (AvgIpc) is 3.12. The molecule has 5 rings (SSSR count). The van der Waals surface area contributed by atoms with E-state index in [4.69, 9.17) is 4.98 Å². The first-order valence-electron chi connectivity index (χ1n) is 10.4.